The van der Waals surface area contributed by atoms with Crippen LogP contribution in [0, 0.1) is 0 Å². The number of anilines is 1. The molecule has 132 valence electrons. The molecule has 25 heavy (non-hydrogen) atoms. The minimum atomic E-state index is -0.783. The molecule has 7 heteroatoms. The van der Waals surface area contributed by atoms with Crippen molar-refractivity contribution in [1.82, 2.24) is 0 Å². The van der Waals surface area contributed by atoms with Crippen LogP contribution in [0.25, 0.3) is 0 Å². The molecule has 2 aromatic rings. The van der Waals surface area contributed by atoms with E-state index in [4.69, 9.17) is 32.7 Å². The monoisotopic (exact) mass is 381 g/mol. The summed E-state index contributed by atoms with van der Waals surface area (Å²) >= 11 is 11.8. The van der Waals surface area contributed by atoms with Crippen LogP contribution in [0.1, 0.15) is 13.3 Å². The number of carbonyl (C=O) groups is 2. The molecule has 0 bridgehead atoms. The Morgan fingerprint density at radius 1 is 1.12 bits per heavy atom. The number of benzene rings is 2. The molecule has 0 unspecified atom stereocenters. The summed E-state index contributed by atoms with van der Waals surface area (Å²) in [4.78, 5) is 24.0. The van der Waals surface area contributed by atoms with Gasteiger partial charge >= 0.3 is 5.97 Å². The van der Waals surface area contributed by atoms with Crippen LogP contribution in [0.4, 0.5) is 5.69 Å². The Bertz CT molecular complexity index is 737. The molecule has 1 N–H and O–H groups in total. The molecule has 0 saturated heterocycles. The third kappa shape index (κ3) is 5.96. The van der Waals surface area contributed by atoms with Crippen LogP contribution >= 0.6 is 23.2 Å². The summed E-state index contributed by atoms with van der Waals surface area (Å²) in [6.45, 7) is 1.36. The second-order valence-electron chi connectivity index (χ2n) is 5.11. The number of para-hydroxylation sites is 1. The maximum atomic E-state index is 12.1. The first-order chi connectivity index (χ1) is 12.0. The third-order valence-electron chi connectivity index (χ3n) is 3.21. The minimum Gasteiger partial charge on any atom is -0.479 e. The van der Waals surface area contributed by atoms with Gasteiger partial charge in [-0.25, -0.2) is 4.79 Å². The van der Waals surface area contributed by atoms with E-state index in [9.17, 15) is 9.59 Å². The molecule has 2 aromatic carbocycles. The zero-order chi connectivity index (χ0) is 18.2. The van der Waals surface area contributed by atoms with E-state index in [1.165, 1.54) is 6.07 Å². The standard InChI is InChI=1S/C18H17Cl2NO4/c1-2-16(25-13-6-4-3-5-7-13)18(23)24-11-17(22)21-15-9-8-12(19)10-14(15)20/h3-10,16H,2,11H2,1H3,(H,21,22)/t16-/m1/s1. The van der Waals surface area contributed by atoms with Gasteiger partial charge in [0.25, 0.3) is 5.91 Å². The maximum absolute atomic E-state index is 12.1. The highest BCUT2D eigenvalue weighted by atomic mass is 35.5. The van der Waals surface area contributed by atoms with Crippen LogP contribution in [-0.4, -0.2) is 24.6 Å². The first-order valence-electron chi connectivity index (χ1n) is 7.63. The Kier molecular flexibility index (Phi) is 7.10. The van der Waals surface area contributed by atoms with Crippen molar-refractivity contribution in [3.8, 4) is 5.75 Å². The number of hydrogen-bond donors (Lipinski definition) is 1. The van der Waals surface area contributed by atoms with Gasteiger partial charge < -0.3 is 14.8 Å². The predicted octanol–water partition coefficient (Wildman–Crippen LogP) is 4.33. The molecule has 0 aliphatic rings. The van der Waals surface area contributed by atoms with E-state index in [-0.39, 0.29) is 0 Å². The normalized spacial score (nSPS) is 11.5. The lowest BCUT2D eigenvalue weighted by molar-refractivity contribution is -0.154. The lowest BCUT2D eigenvalue weighted by Crippen LogP contribution is -2.31. The highest BCUT2D eigenvalue weighted by molar-refractivity contribution is 6.36. The summed E-state index contributed by atoms with van der Waals surface area (Å²) in [6.07, 6.45) is -0.368. The molecule has 0 spiro atoms. The van der Waals surface area contributed by atoms with Gasteiger partial charge in [0.05, 0.1) is 10.7 Å². The lowest BCUT2D eigenvalue weighted by atomic mass is 10.2. The molecule has 0 aliphatic heterocycles. The van der Waals surface area contributed by atoms with Gasteiger partial charge in [-0.2, -0.15) is 0 Å². The van der Waals surface area contributed by atoms with Gasteiger partial charge in [0.15, 0.2) is 12.7 Å². The zero-order valence-electron chi connectivity index (χ0n) is 13.5. The molecule has 2 rings (SSSR count). The third-order valence-corrected chi connectivity index (χ3v) is 3.75. The Morgan fingerprint density at radius 3 is 2.48 bits per heavy atom. The Labute approximate surface area is 155 Å². The summed E-state index contributed by atoms with van der Waals surface area (Å²) < 4.78 is 10.6. The van der Waals surface area contributed by atoms with Gasteiger partial charge in [0.1, 0.15) is 5.75 Å². The number of carbonyl (C=O) groups excluding carboxylic acids is 2. The molecule has 0 saturated carbocycles. The Morgan fingerprint density at radius 2 is 1.84 bits per heavy atom. The quantitative estimate of drug-likeness (QED) is 0.724. The number of esters is 1. The maximum Gasteiger partial charge on any atom is 0.347 e. The van der Waals surface area contributed by atoms with Gasteiger partial charge in [-0.15, -0.1) is 0 Å². The van der Waals surface area contributed by atoms with Gasteiger partial charge in [-0.05, 0) is 36.8 Å². The average Bonchev–Trinajstić information content (AvgIpc) is 2.61. The van der Waals surface area contributed by atoms with Crippen LogP contribution in [0.3, 0.4) is 0 Å². The van der Waals surface area contributed by atoms with E-state index in [1.807, 2.05) is 6.07 Å². The van der Waals surface area contributed by atoms with Crippen LogP contribution in [0.5, 0.6) is 5.75 Å². The van der Waals surface area contributed by atoms with Crippen molar-refractivity contribution >= 4 is 40.8 Å². The van der Waals surface area contributed by atoms with Crippen molar-refractivity contribution in [3.63, 3.8) is 0 Å². The highest BCUT2D eigenvalue weighted by Gasteiger charge is 2.21. The van der Waals surface area contributed by atoms with Crippen LogP contribution < -0.4 is 10.1 Å². The van der Waals surface area contributed by atoms with E-state index in [0.717, 1.165) is 0 Å². The summed E-state index contributed by atoms with van der Waals surface area (Å²) in [5.74, 6) is -0.556. The summed E-state index contributed by atoms with van der Waals surface area (Å²) in [6, 6.07) is 13.6. The van der Waals surface area contributed by atoms with E-state index in [0.29, 0.717) is 27.9 Å². The molecule has 0 aromatic heterocycles. The summed E-state index contributed by atoms with van der Waals surface area (Å²) in [5.41, 5.74) is 0.389. The van der Waals surface area contributed by atoms with Gasteiger partial charge in [-0.1, -0.05) is 48.3 Å². The average molecular weight is 382 g/mol. The van der Waals surface area contributed by atoms with Crippen molar-refractivity contribution in [2.75, 3.05) is 11.9 Å². The number of hydrogen-bond acceptors (Lipinski definition) is 4. The molecule has 5 nitrogen and oxygen atoms in total. The van der Waals surface area contributed by atoms with Crippen molar-refractivity contribution in [3.05, 3.63) is 58.6 Å². The molecular formula is C18H17Cl2NO4. The minimum absolute atomic E-state index is 0.297. The summed E-state index contributed by atoms with van der Waals surface area (Å²) in [5, 5.41) is 3.31. The van der Waals surface area contributed by atoms with E-state index in [1.54, 1.807) is 43.3 Å². The van der Waals surface area contributed by atoms with Gasteiger partial charge in [0.2, 0.25) is 0 Å². The van der Waals surface area contributed by atoms with Gasteiger partial charge in [0, 0.05) is 5.02 Å². The molecule has 1 atom stereocenters. The predicted molar refractivity (Wildman–Crippen MR) is 97.2 cm³/mol. The zero-order valence-corrected chi connectivity index (χ0v) is 15.0. The van der Waals surface area contributed by atoms with E-state index < -0.39 is 24.6 Å². The second kappa shape index (κ2) is 9.30. The second-order valence-corrected chi connectivity index (χ2v) is 5.95. The molecule has 0 aliphatic carbocycles. The fraction of sp³-hybridized carbons (Fsp3) is 0.222. The first kappa shape index (κ1) is 19.1. The smallest absolute Gasteiger partial charge is 0.347 e. The number of ether oxygens (including phenoxy) is 2. The fourth-order valence-electron chi connectivity index (χ4n) is 1.97. The van der Waals surface area contributed by atoms with E-state index >= 15 is 0 Å². The molecule has 0 fully saturated rings. The Hall–Kier alpha value is -2.24. The highest BCUT2D eigenvalue weighted by Crippen LogP contribution is 2.25. The van der Waals surface area contributed by atoms with Crippen molar-refractivity contribution < 1.29 is 19.1 Å². The molecular weight excluding hydrogens is 365 g/mol. The van der Waals surface area contributed by atoms with Crippen molar-refractivity contribution in [2.24, 2.45) is 0 Å². The number of rotatable bonds is 7. The molecule has 0 heterocycles. The SMILES string of the molecule is CC[C@@H](Oc1ccccc1)C(=O)OCC(=O)Nc1ccc(Cl)cc1Cl. The van der Waals surface area contributed by atoms with E-state index in [2.05, 4.69) is 5.32 Å². The molecule has 0 radical (unpaired) electrons. The van der Waals surface area contributed by atoms with Gasteiger partial charge in [-0.3, -0.25) is 4.79 Å². The lowest BCUT2D eigenvalue weighted by Gasteiger charge is -2.16. The van der Waals surface area contributed by atoms with Crippen LogP contribution in [0.15, 0.2) is 48.5 Å². The Balaban J connectivity index is 1.86. The van der Waals surface area contributed by atoms with Crippen LogP contribution in [0.2, 0.25) is 10.0 Å². The largest absolute Gasteiger partial charge is 0.479 e. The van der Waals surface area contributed by atoms with Crippen molar-refractivity contribution in [2.45, 2.75) is 19.4 Å². The van der Waals surface area contributed by atoms with Crippen LogP contribution in [-0.2, 0) is 14.3 Å². The van der Waals surface area contributed by atoms with Crippen molar-refractivity contribution in [1.29, 1.82) is 0 Å². The number of nitrogens with one attached hydrogen (secondary N) is 1. The number of halogens is 2. The fourth-order valence-corrected chi connectivity index (χ4v) is 2.42. The number of amides is 1. The summed E-state index contributed by atoms with van der Waals surface area (Å²) in [7, 11) is 0. The first-order valence-corrected chi connectivity index (χ1v) is 8.38. The molecule has 1 amide bonds. The topological polar surface area (TPSA) is 64.6 Å².